The van der Waals surface area contributed by atoms with Crippen LogP contribution < -0.4 is 0 Å². The molecule has 0 heterocycles. The fraction of sp³-hybridized carbons (Fsp3) is 0.680. The maximum Gasteiger partial charge on any atom is 0.338 e. The van der Waals surface area contributed by atoms with Gasteiger partial charge in [-0.3, -0.25) is 0 Å². The van der Waals surface area contributed by atoms with Crippen LogP contribution in [0.4, 0.5) is 0 Å². The zero-order chi connectivity index (χ0) is 40.7. The molecule has 316 valence electrons. The second kappa shape index (κ2) is 30.2. The van der Waals surface area contributed by atoms with Crippen LogP contribution in [0, 0.1) is 0 Å². The van der Waals surface area contributed by atoms with Gasteiger partial charge in [-0.2, -0.15) is 0 Å². The van der Waals surface area contributed by atoms with Gasteiger partial charge in [0.05, 0.1) is 78.7 Å². The average Bonchev–Trinajstić information content (AvgIpc) is 3.19. The molecule has 0 spiro atoms. The van der Waals surface area contributed by atoms with Crippen LogP contribution in [-0.4, -0.2) is 88.5 Å². The highest BCUT2D eigenvalue weighted by Gasteiger charge is 2.16. The fourth-order valence-corrected chi connectivity index (χ4v) is 7.41. The lowest BCUT2D eigenvalue weighted by molar-refractivity contribution is -0.890. The first-order chi connectivity index (χ1) is 27.0. The molecule has 0 aliphatic heterocycles. The van der Waals surface area contributed by atoms with Crippen LogP contribution in [0.3, 0.4) is 0 Å². The molecule has 0 amide bonds. The SMILES string of the molecule is CCCCCCCCCCCC[N+](C)(C)CCCOC(=O)c1ccc(C=Cc2ccc(C(=O)OCCC[N+](C)(C)CCCCCCCCCCCC)cc2)cc1. The van der Waals surface area contributed by atoms with Gasteiger partial charge < -0.3 is 18.4 Å². The quantitative estimate of drug-likeness (QED) is 0.0307. The van der Waals surface area contributed by atoms with Crippen molar-refractivity contribution < 1.29 is 28.0 Å². The molecular formula is C50H84N2O4+2. The second-order valence-electron chi connectivity index (χ2n) is 17.7. The zero-order valence-electron chi connectivity index (χ0n) is 37.1. The first kappa shape index (κ1) is 49.2. The molecule has 6 heteroatoms. The van der Waals surface area contributed by atoms with Gasteiger partial charge in [0.15, 0.2) is 0 Å². The summed E-state index contributed by atoms with van der Waals surface area (Å²) in [6.07, 6.45) is 33.0. The predicted octanol–water partition coefficient (Wildman–Crippen LogP) is 12.9. The third-order valence-electron chi connectivity index (χ3n) is 11.3. The van der Waals surface area contributed by atoms with E-state index >= 15 is 0 Å². The van der Waals surface area contributed by atoms with Crippen molar-refractivity contribution in [2.24, 2.45) is 0 Å². The Morgan fingerprint density at radius 3 is 0.982 bits per heavy atom. The third-order valence-corrected chi connectivity index (χ3v) is 11.3. The molecule has 0 bridgehead atoms. The van der Waals surface area contributed by atoms with Gasteiger partial charge in [0.1, 0.15) is 0 Å². The molecule has 2 aromatic rings. The lowest BCUT2D eigenvalue weighted by Gasteiger charge is -2.29. The number of rotatable bonds is 34. The molecule has 2 aromatic carbocycles. The predicted molar refractivity (Wildman–Crippen MR) is 239 cm³/mol. The summed E-state index contributed by atoms with van der Waals surface area (Å²) in [4.78, 5) is 25.3. The van der Waals surface area contributed by atoms with E-state index in [4.69, 9.17) is 9.47 Å². The molecule has 0 saturated heterocycles. The Morgan fingerprint density at radius 1 is 0.411 bits per heavy atom. The summed E-state index contributed by atoms with van der Waals surface area (Å²) in [5.74, 6) is -0.537. The molecule has 0 saturated carbocycles. The fourth-order valence-electron chi connectivity index (χ4n) is 7.41. The van der Waals surface area contributed by atoms with Gasteiger partial charge in [-0.15, -0.1) is 0 Å². The van der Waals surface area contributed by atoms with Crippen LogP contribution in [-0.2, 0) is 9.47 Å². The van der Waals surface area contributed by atoms with E-state index in [9.17, 15) is 9.59 Å². The van der Waals surface area contributed by atoms with Gasteiger partial charge in [0.2, 0.25) is 0 Å². The minimum atomic E-state index is -0.268. The highest BCUT2D eigenvalue weighted by molar-refractivity contribution is 5.90. The van der Waals surface area contributed by atoms with Crippen LogP contribution >= 0.6 is 0 Å². The van der Waals surface area contributed by atoms with Crippen LogP contribution in [0.25, 0.3) is 12.2 Å². The Bertz CT molecular complexity index is 1210. The summed E-state index contributed by atoms with van der Waals surface area (Å²) in [5.41, 5.74) is 3.12. The number of quaternary nitrogens is 2. The molecule has 0 radical (unpaired) electrons. The summed E-state index contributed by atoms with van der Waals surface area (Å²) < 4.78 is 13.2. The maximum atomic E-state index is 12.7. The monoisotopic (exact) mass is 777 g/mol. The van der Waals surface area contributed by atoms with Gasteiger partial charge in [-0.05, 0) is 61.1 Å². The molecule has 56 heavy (non-hydrogen) atoms. The van der Waals surface area contributed by atoms with Crippen LogP contribution in [0.2, 0.25) is 0 Å². The lowest BCUT2D eigenvalue weighted by atomic mass is 10.1. The first-order valence-electron chi connectivity index (χ1n) is 22.9. The van der Waals surface area contributed by atoms with E-state index in [0.29, 0.717) is 24.3 Å². The van der Waals surface area contributed by atoms with Gasteiger partial charge in [0, 0.05) is 12.8 Å². The van der Waals surface area contributed by atoms with Crippen LogP contribution in [0.15, 0.2) is 48.5 Å². The summed E-state index contributed by atoms with van der Waals surface area (Å²) in [7, 11) is 9.14. The number of benzene rings is 2. The number of nitrogens with zero attached hydrogens (tertiary/aromatic N) is 2. The number of esters is 2. The highest BCUT2D eigenvalue weighted by Crippen LogP contribution is 2.16. The van der Waals surface area contributed by atoms with Crippen molar-refractivity contribution in [3.8, 4) is 0 Å². The van der Waals surface area contributed by atoms with E-state index in [1.165, 1.54) is 142 Å². The average molecular weight is 777 g/mol. The van der Waals surface area contributed by atoms with Gasteiger partial charge in [-0.25, -0.2) is 9.59 Å². The Kier molecular flexibility index (Phi) is 26.5. The number of hydrogen-bond donors (Lipinski definition) is 0. The summed E-state index contributed by atoms with van der Waals surface area (Å²) >= 11 is 0. The molecule has 0 aliphatic rings. The Hall–Kier alpha value is -2.96. The van der Waals surface area contributed by atoms with Crippen molar-refractivity contribution in [1.82, 2.24) is 0 Å². The molecule has 0 aliphatic carbocycles. The highest BCUT2D eigenvalue weighted by atomic mass is 16.5. The maximum absolute atomic E-state index is 12.7. The molecule has 6 nitrogen and oxygen atoms in total. The topological polar surface area (TPSA) is 52.6 Å². The minimum Gasteiger partial charge on any atom is -0.462 e. The summed E-state index contributed by atoms with van der Waals surface area (Å²) in [6.45, 7) is 9.81. The first-order valence-corrected chi connectivity index (χ1v) is 22.9. The largest absolute Gasteiger partial charge is 0.462 e. The second-order valence-corrected chi connectivity index (χ2v) is 17.7. The van der Waals surface area contributed by atoms with E-state index in [1.807, 2.05) is 60.7 Å². The molecule has 0 unspecified atom stereocenters. The van der Waals surface area contributed by atoms with Crippen molar-refractivity contribution in [2.45, 2.75) is 155 Å². The Labute approximate surface area is 344 Å². The van der Waals surface area contributed by atoms with Crippen molar-refractivity contribution >= 4 is 24.1 Å². The van der Waals surface area contributed by atoms with E-state index < -0.39 is 0 Å². The minimum absolute atomic E-state index is 0.268. The summed E-state index contributed by atoms with van der Waals surface area (Å²) in [5, 5.41) is 0. The number of carbonyl (C=O) groups excluding carboxylic acids is 2. The molecule has 0 aromatic heterocycles. The normalized spacial score (nSPS) is 12.0. The molecule has 2 rings (SSSR count). The van der Waals surface area contributed by atoms with Crippen LogP contribution in [0.1, 0.15) is 187 Å². The Morgan fingerprint density at radius 2 is 0.679 bits per heavy atom. The van der Waals surface area contributed by atoms with E-state index in [2.05, 4.69) is 42.0 Å². The van der Waals surface area contributed by atoms with E-state index in [0.717, 1.165) is 46.0 Å². The number of unbranched alkanes of at least 4 members (excludes halogenated alkanes) is 18. The standard InChI is InChI=1S/C50H84N2O4/c1-7-9-11-13-15-17-19-21-23-25-39-51(3,4)41-27-43-55-49(53)47-35-31-45(32-36-47)29-30-46-33-37-48(38-34-46)50(54)56-44-28-42-52(5,6)40-26-24-22-20-18-16-14-12-10-8-2/h29-38H,7-28,39-44H2,1-6H3/q+2. The number of ether oxygens (including phenoxy) is 2. The number of hydrogen-bond acceptors (Lipinski definition) is 4. The van der Waals surface area contributed by atoms with Crippen molar-refractivity contribution in [2.75, 3.05) is 67.6 Å². The molecule has 0 fully saturated rings. The summed E-state index contributed by atoms with van der Waals surface area (Å²) in [6, 6.07) is 15.0. The lowest BCUT2D eigenvalue weighted by Crippen LogP contribution is -2.41. The van der Waals surface area contributed by atoms with Gasteiger partial charge in [0.25, 0.3) is 0 Å². The van der Waals surface area contributed by atoms with Gasteiger partial charge in [-0.1, -0.05) is 153 Å². The van der Waals surface area contributed by atoms with Gasteiger partial charge >= 0.3 is 11.9 Å². The number of carbonyl (C=O) groups is 2. The van der Waals surface area contributed by atoms with E-state index in [1.54, 1.807) is 0 Å². The van der Waals surface area contributed by atoms with Crippen molar-refractivity contribution in [3.63, 3.8) is 0 Å². The molecular weight excluding hydrogens is 693 g/mol. The zero-order valence-corrected chi connectivity index (χ0v) is 37.1. The third kappa shape index (κ3) is 24.6. The molecule has 0 atom stereocenters. The Balaban J connectivity index is 1.58. The van der Waals surface area contributed by atoms with Crippen molar-refractivity contribution in [3.05, 3.63) is 70.8 Å². The van der Waals surface area contributed by atoms with E-state index in [-0.39, 0.29) is 11.9 Å². The van der Waals surface area contributed by atoms with Crippen LogP contribution in [0.5, 0.6) is 0 Å². The van der Waals surface area contributed by atoms with Crippen molar-refractivity contribution in [1.29, 1.82) is 0 Å². The smallest absolute Gasteiger partial charge is 0.338 e. The molecule has 0 N–H and O–H groups in total.